The van der Waals surface area contributed by atoms with Crippen molar-refractivity contribution < 1.29 is 22.3 Å². The van der Waals surface area contributed by atoms with Crippen molar-refractivity contribution in [3.05, 3.63) is 23.5 Å². The minimum Gasteiger partial charge on any atom is -0.375 e. The second kappa shape index (κ2) is 4.48. The van der Waals surface area contributed by atoms with E-state index in [-0.39, 0.29) is 25.8 Å². The molecule has 7 heteroatoms. The number of halogens is 4. The third kappa shape index (κ3) is 2.19. The van der Waals surface area contributed by atoms with E-state index in [2.05, 4.69) is 4.98 Å². The summed E-state index contributed by atoms with van der Waals surface area (Å²) >= 11 is 0. The fourth-order valence-corrected chi connectivity index (χ4v) is 1.78. The highest BCUT2D eigenvalue weighted by Gasteiger charge is 2.28. The zero-order chi connectivity index (χ0) is 12.6. The maximum absolute atomic E-state index is 13.4. The van der Waals surface area contributed by atoms with E-state index in [1.165, 1.54) is 4.90 Å². The van der Waals surface area contributed by atoms with Gasteiger partial charge in [-0.05, 0) is 6.92 Å². The Morgan fingerprint density at radius 2 is 1.76 bits per heavy atom. The van der Waals surface area contributed by atoms with Crippen LogP contribution in [0.5, 0.6) is 0 Å². The molecule has 1 atom stereocenters. The van der Waals surface area contributed by atoms with Crippen molar-refractivity contribution in [2.24, 2.45) is 0 Å². The van der Waals surface area contributed by atoms with Gasteiger partial charge in [-0.25, -0.2) is 0 Å². The molecular weight excluding hydrogens is 240 g/mol. The van der Waals surface area contributed by atoms with Crippen molar-refractivity contribution in [1.82, 2.24) is 4.98 Å². The minimum absolute atomic E-state index is 0.163. The summed E-state index contributed by atoms with van der Waals surface area (Å²) in [6.45, 7) is 2.28. The number of anilines is 1. The average Bonchev–Trinajstić information content (AvgIpc) is 2.27. The number of aromatic nitrogens is 1. The van der Waals surface area contributed by atoms with Crippen LogP contribution in [-0.4, -0.2) is 30.8 Å². The van der Waals surface area contributed by atoms with Crippen LogP contribution < -0.4 is 4.90 Å². The summed E-state index contributed by atoms with van der Waals surface area (Å²) in [7, 11) is 0. The summed E-state index contributed by atoms with van der Waals surface area (Å²) in [6.07, 6.45) is -0.262. The predicted molar refractivity (Wildman–Crippen MR) is 51.7 cm³/mol. The first kappa shape index (κ1) is 12.1. The van der Waals surface area contributed by atoms with Gasteiger partial charge in [-0.3, -0.25) is 0 Å². The molecule has 17 heavy (non-hydrogen) atoms. The Bertz CT molecular complexity index is 415. The predicted octanol–water partition coefficient (Wildman–Crippen LogP) is 1.86. The van der Waals surface area contributed by atoms with Crippen molar-refractivity contribution in [3.63, 3.8) is 0 Å². The van der Waals surface area contributed by atoms with Crippen molar-refractivity contribution in [1.29, 1.82) is 0 Å². The maximum Gasteiger partial charge on any atom is 0.253 e. The summed E-state index contributed by atoms with van der Waals surface area (Å²) in [5.41, 5.74) is -0.717. The molecule has 1 aliphatic heterocycles. The largest absolute Gasteiger partial charge is 0.375 e. The zero-order valence-corrected chi connectivity index (χ0v) is 9.01. The molecule has 1 unspecified atom stereocenters. The smallest absolute Gasteiger partial charge is 0.253 e. The topological polar surface area (TPSA) is 25.4 Å². The molecule has 0 aliphatic carbocycles. The van der Waals surface area contributed by atoms with Crippen molar-refractivity contribution in [3.8, 4) is 0 Å². The van der Waals surface area contributed by atoms with Crippen LogP contribution in [0, 0.1) is 23.5 Å². The number of nitrogens with zero attached hydrogens (tertiary/aromatic N) is 2. The fourth-order valence-electron chi connectivity index (χ4n) is 1.78. The van der Waals surface area contributed by atoms with Crippen molar-refractivity contribution >= 4 is 5.69 Å². The molecule has 0 N–H and O–H groups in total. The van der Waals surface area contributed by atoms with Gasteiger partial charge in [-0.2, -0.15) is 22.5 Å². The number of ether oxygens (including phenoxy) is 1. The molecule has 1 fully saturated rings. The summed E-state index contributed by atoms with van der Waals surface area (Å²) in [5, 5.41) is 0. The van der Waals surface area contributed by atoms with Gasteiger partial charge >= 0.3 is 0 Å². The van der Waals surface area contributed by atoms with Gasteiger partial charge in [0.1, 0.15) is 5.69 Å². The lowest BCUT2D eigenvalue weighted by Gasteiger charge is -2.33. The molecule has 0 aromatic carbocycles. The van der Waals surface area contributed by atoms with Crippen LogP contribution in [0.3, 0.4) is 0 Å². The Balaban J connectivity index is 2.43. The van der Waals surface area contributed by atoms with Gasteiger partial charge in [0, 0.05) is 13.1 Å². The highest BCUT2D eigenvalue weighted by atomic mass is 19.2. The lowest BCUT2D eigenvalue weighted by atomic mass is 10.2. The number of rotatable bonds is 1. The molecular formula is C10H10F4N2O. The van der Waals surface area contributed by atoms with Crippen LogP contribution in [0.2, 0.25) is 0 Å². The van der Waals surface area contributed by atoms with Crippen LogP contribution in [0.1, 0.15) is 6.92 Å². The van der Waals surface area contributed by atoms with Gasteiger partial charge in [0.15, 0.2) is 0 Å². The maximum atomic E-state index is 13.4. The SMILES string of the molecule is CC1CN(c2c(F)c(F)nc(F)c2F)CCO1. The van der Waals surface area contributed by atoms with Crippen LogP contribution in [0.25, 0.3) is 0 Å². The van der Waals surface area contributed by atoms with E-state index in [4.69, 9.17) is 4.74 Å². The van der Waals surface area contributed by atoms with Gasteiger partial charge in [-0.15, -0.1) is 0 Å². The molecule has 94 valence electrons. The summed E-state index contributed by atoms with van der Waals surface area (Å²) in [4.78, 5) is 3.72. The van der Waals surface area contributed by atoms with Crippen LogP contribution in [0.15, 0.2) is 0 Å². The number of morpholine rings is 1. The zero-order valence-electron chi connectivity index (χ0n) is 9.01. The van der Waals surface area contributed by atoms with Crippen LogP contribution in [-0.2, 0) is 4.74 Å². The summed E-state index contributed by atoms with van der Waals surface area (Å²) in [5.74, 6) is -6.23. The third-order valence-corrected chi connectivity index (χ3v) is 2.53. The Hall–Kier alpha value is -1.37. The monoisotopic (exact) mass is 250 g/mol. The molecule has 1 aliphatic rings. The first-order chi connectivity index (χ1) is 8.00. The molecule has 1 saturated heterocycles. The second-order valence-electron chi connectivity index (χ2n) is 3.80. The van der Waals surface area contributed by atoms with E-state index in [9.17, 15) is 17.6 Å². The number of hydrogen-bond donors (Lipinski definition) is 0. The summed E-state index contributed by atoms with van der Waals surface area (Å²) < 4.78 is 57.9. The molecule has 2 heterocycles. The minimum atomic E-state index is -1.64. The fraction of sp³-hybridized carbons (Fsp3) is 0.500. The Morgan fingerprint density at radius 3 is 2.29 bits per heavy atom. The molecule has 0 amide bonds. The Kier molecular flexibility index (Phi) is 3.19. The second-order valence-corrected chi connectivity index (χ2v) is 3.80. The van der Waals surface area contributed by atoms with Crippen molar-refractivity contribution in [2.45, 2.75) is 13.0 Å². The first-order valence-electron chi connectivity index (χ1n) is 5.07. The molecule has 2 rings (SSSR count). The molecule has 0 spiro atoms. The average molecular weight is 250 g/mol. The highest BCUT2D eigenvalue weighted by molar-refractivity contribution is 5.48. The van der Waals surface area contributed by atoms with Gasteiger partial charge in [-0.1, -0.05) is 0 Å². The quantitative estimate of drug-likeness (QED) is 0.562. The standard InChI is InChI=1S/C10H10F4N2O/c1-5-4-16(2-3-17-5)8-6(11)9(13)15-10(14)7(8)12/h5H,2-4H2,1H3. The highest BCUT2D eigenvalue weighted by Crippen LogP contribution is 2.27. The molecule has 1 aromatic rings. The molecule has 1 aromatic heterocycles. The Labute approximate surface area is 95.0 Å². The van der Waals surface area contributed by atoms with Gasteiger partial charge in [0.25, 0.3) is 11.9 Å². The third-order valence-electron chi connectivity index (χ3n) is 2.53. The van der Waals surface area contributed by atoms with E-state index >= 15 is 0 Å². The van der Waals surface area contributed by atoms with Crippen LogP contribution in [0.4, 0.5) is 23.2 Å². The normalized spacial score (nSPS) is 20.8. The number of hydrogen-bond acceptors (Lipinski definition) is 3. The molecule has 0 saturated carbocycles. The molecule has 3 nitrogen and oxygen atoms in total. The van der Waals surface area contributed by atoms with E-state index < -0.39 is 29.2 Å². The first-order valence-corrected chi connectivity index (χ1v) is 5.07. The van der Waals surface area contributed by atoms with E-state index in [0.717, 1.165) is 0 Å². The van der Waals surface area contributed by atoms with Crippen LogP contribution >= 0.6 is 0 Å². The summed E-state index contributed by atoms with van der Waals surface area (Å²) in [6, 6.07) is 0. The van der Waals surface area contributed by atoms with E-state index in [0.29, 0.717) is 0 Å². The lowest BCUT2D eigenvalue weighted by Crippen LogP contribution is -2.42. The molecule has 0 bridgehead atoms. The van der Waals surface area contributed by atoms with E-state index in [1.807, 2.05) is 0 Å². The lowest BCUT2D eigenvalue weighted by molar-refractivity contribution is 0.0526. The van der Waals surface area contributed by atoms with Gasteiger partial charge in [0.05, 0.1) is 12.7 Å². The Morgan fingerprint density at radius 1 is 1.18 bits per heavy atom. The van der Waals surface area contributed by atoms with E-state index in [1.54, 1.807) is 6.92 Å². The van der Waals surface area contributed by atoms with Crippen molar-refractivity contribution in [2.75, 3.05) is 24.6 Å². The van der Waals surface area contributed by atoms with Gasteiger partial charge < -0.3 is 9.64 Å². The van der Waals surface area contributed by atoms with Gasteiger partial charge in [0.2, 0.25) is 11.6 Å². The molecule has 0 radical (unpaired) electrons. The number of pyridine rings is 1.